The number of hydrogen-bond donors (Lipinski definition) is 1. The standard InChI is InChI=1S/C20H15BNO/c22-12-4-7-15-10-11-18(20-19(15)13-21-23-20)17-9-3-6-14-5-1-2-8-16(14)17/h1-13H,22H2/b12-4-,15-7-. The molecule has 1 aliphatic rings. The quantitative estimate of drug-likeness (QED) is 0.738. The molecule has 0 aromatic heterocycles. The summed E-state index contributed by atoms with van der Waals surface area (Å²) in [7, 11) is 1.74. The SMILES string of the molecule is N/C=C\C=c1\ccc(-c2cccc3ccccc23)c2c1=C[B]O2. The highest BCUT2D eigenvalue weighted by atomic mass is 16.4. The van der Waals surface area contributed by atoms with E-state index in [0.29, 0.717) is 0 Å². The topological polar surface area (TPSA) is 35.2 Å². The number of allylic oxidation sites excluding steroid dienone is 1. The smallest absolute Gasteiger partial charge is 0.401 e. The first-order valence-electron chi connectivity index (χ1n) is 7.58. The number of hydrogen-bond acceptors (Lipinski definition) is 2. The first kappa shape index (κ1) is 13.7. The van der Waals surface area contributed by atoms with Gasteiger partial charge >= 0.3 is 7.48 Å². The van der Waals surface area contributed by atoms with E-state index in [0.717, 1.165) is 21.8 Å². The zero-order valence-corrected chi connectivity index (χ0v) is 12.6. The van der Waals surface area contributed by atoms with Crippen molar-refractivity contribution in [3.63, 3.8) is 0 Å². The second-order valence-corrected chi connectivity index (χ2v) is 5.44. The van der Waals surface area contributed by atoms with Crippen molar-refractivity contribution < 1.29 is 4.65 Å². The molecule has 2 nitrogen and oxygen atoms in total. The highest BCUT2D eigenvalue weighted by Gasteiger charge is 2.15. The van der Waals surface area contributed by atoms with Gasteiger partial charge in [0.05, 0.1) is 0 Å². The van der Waals surface area contributed by atoms with Crippen LogP contribution in [0.2, 0.25) is 0 Å². The maximum atomic E-state index is 5.80. The van der Waals surface area contributed by atoms with Crippen LogP contribution in [0.25, 0.3) is 34.0 Å². The molecule has 0 spiro atoms. The third-order valence-corrected chi connectivity index (χ3v) is 4.12. The van der Waals surface area contributed by atoms with Gasteiger partial charge in [0.1, 0.15) is 5.75 Å². The summed E-state index contributed by atoms with van der Waals surface area (Å²) in [4.78, 5) is 0. The lowest BCUT2D eigenvalue weighted by Gasteiger charge is -2.11. The van der Waals surface area contributed by atoms with E-state index in [4.69, 9.17) is 10.4 Å². The van der Waals surface area contributed by atoms with Gasteiger partial charge in [-0.25, -0.2) is 0 Å². The van der Waals surface area contributed by atoms with Crippen molar-refractivity contribution in [2.75, 3.05) is 0 Å². The zero-order valence-electron chi connectivity index (χ0n) is 12.6. The van der Waals surface area contributed by atoms with E-state index in [-0.39, 0.29) is 0 Å². The Balaban J connectivity index is 2.01. The van der Waals surface area contributed by atoms with Gasteiger partial charge in [-0.2, -0.15) is 0 Å². The normalized spacial score (nSPS) is 13.7. The van der Waals surface area contributed by atoms with Crippen LogP contribution in [0.15, 0.2) is 66.9 Å². The Morgan fingerprint density at radius 2 is 1.78 bits per heavy atom. The minimum absolute atomic E-state index is 0.903. The van der Waals surface area contributed by atoms with E-state index in [1.807, 2.05) is 18.1 Å². The van der Waals surface area contributed by atoms with Gasteiger partial charge in [0.25, 0.3) is 0 Å². The van der Waals surface area contributed by atoms with Crippen molar-refractivity contribution in [2.45, 2.75) is 0 Å². The Labute approximate surface area is 135 Å². The van der Waals surface area contributed by atoms with E-state index in [1.54, 1.807) is 7.48 Å². The highest BCUT2D eigenvalue weighted by molar-refractivity contribution is 6.48. The lowest BCUT2D eigenvalue weighted by molar-refractivity contribution is 0.612. The van der Waals surface area contributed by atoms with Crippen molar-refractivity contribution in [1.29, 1.82) is 0 Å². The predicted octanol–water partition coefficient (Wildman–Crippen LogP) is 2.51. The summed E-state index contributed by atoms with van der Waals surface area (Å²) in [5, 5.41) is 4.64. The Hall–Kier alpha value is -2.94. The van der Waals surface area contributed by atoms with Crippen LogP contribution in [-0.2, 0) is 0 Å². The summed E-state index contributed by atoms with van der Waals surface area (Å²) in [6, 6.07) is 19.0. The molecule has 3 aromatic carbocycles. The van der Waals surface area contributed by atoms with Gasteiger partial charge in [0.15, 0.2) is 0 Å². The second kappa shape index (κ2) is 5.69. The fourth-order valence-corrected chi connectivity index (χ4v) is 3.06. The van der Waals surface area contributed by atoms with Crippen molar-refractivity contribution in [1.82, 2.24) is 0 Å². The molecule has 3 aromatic rings. The molecular formula is C20H15BNO. The third kappa shape index (κ3) is 2.31. The molecule has 2 N–H and O–H groups in total. The van der Waals surface area contributed by atoms with Crippen LogP contribution in [0.5, 0.6) is 5.75 Å². The van der Waals surface area contributed by atoms with Crippen molar-refractivity contribution in [2.24, 2.45) is 5.73 Å². The molecule has 23 heavy (non-hydrogen) atoms. The molecule has 0 saturated heterocycles. The van der Waals surface area contributed by atoms with E-state index >= 15 is 0 Å². The van der Waals surface area contributed by atoms with Gasteiger partial charge in [-0.3, -0.25) is 0 Å². The van der Waals surface area contributed by atoms with Gasteiger partial charge in [0, 0.05) is 10.8 Å². The summed E-state index contributed by atoms with van der Waals surface area (Å²) in [6.07, 6.45) is 5.36. The molecule has 4 rings (SSSR count). The van der Waals surface area contributed by atoms with Crippen LogP contribution in [0.1, 0.15) is 0 Å². The molecule has 0 saturated carbocycles. The van der Waals surface area contributed by atoms with Crippen LogP contribution >= 0.6 is 0 Å². The molecule has 0 atom stereocenters. The molecule has 0 amide bonds. The maximum absolute atomic E-state index is 5.80. The van der Waals surface area contributed by atoms with Crippen LogP contribution in [0, 0.1) is 0 Å². The Kier molecular flexibility index (Phi) is 3.39. The van der Waals surface area contributed by atoms with Gasteiger partial charge in [-0.1, -0.05) is 66.6 Å². The van der Waals surface area contributed by atoms with E-state index in [1.165, 1.54) is 22.5 Å². The summed E-state index contributed by atoms with van der Waals surface area (Å²) in [5.41, 5.74) is 7.74. The van der Waals surface area contributed by atoms with Crippen molar-refractivity contribution in [3.8, 4) is 16.9 Å². The van der Waals surface area contributed by atoms with Crippen LogP contribution in [0.3, 0.4) is 0 Å². The van der Waals surface area contributed by atoms with Gasteiger partial charge in [0.2, 0.25) is 0 Å². The molecule has 1 aliphatic heterocycles. The molecule has 1 radical (unpaired) electrons. The second-order valence-electron chi connectivity index (χ2n) is 5.44. The Morgan fingerprint density at radius 3 is 2.70 bits per heavy atom. The third-order valence-electron chi connectivity index (χ3n) is 4.12. The summed E-state index contributed by atoms with van der Waals surface area (Å²) < 4.78 is 5.80. The Bertz CT molecular complexity index is 1030. The molecule has 3 heteroatoms. The zero-order chi connectivity index (χ0) is 15.6. The number of fused-ring (bicyclic) bond motifs is 2. The number of rotatable bonds is 2. The van der Waals surface area contributed by atoms with E-state index in [9.17, 15) is 0 Å². The largest absolute Gasteiger partial charge is 0.557 e. The van der Waals surface area contributed by atoms with Crippen LogP contribution in [-0.4, -0.2) is 7.48 Å². The molecular weight excluding hydrogens is 281 g/mol. The van der Waals surface area contributed by atoms with E-state index in [2.05, 4.69) is 54.6 Å². The first-order chi connectivity index (χ1) is 11.4. The molecule has 0 bridgehead atoms. The minimum Gasteiger partial charge on any atom is -0.557 e. The van der Waals surface area contributed by atoms with Crippen molar-refractivity contribution >= 4 is 30.3 Å². The fourth-order valence-electron chi connectivity index (χ4n) is 3.06. The fraction of sp³-hybridized carbons (Fsp3) is 0. The first-order valence-corrected chi connectivity index (χ1v) is 7.58. The number of benzene rings is 3. The van der Waals surface area contributed by atoms with Gasteiger partial charge in [-0.05, 0) is 33.8 Å². The summed E-state index contributed by atoms with van der Waals surface area (Å²) in [6.45, 7) is 0. The lowest BCUT2D eigenvalue weighted by atomic mass is 9.96. The molecule has 109 valence electrons. The molecule has 0 unspecified atom stereocenters. The predicted molar refractivity (Wildman–Crippen MR) is 97.3 cm³/mol. The van der Waals surface area contributed by atoms with E-state index < -0.39 is 0 Å². The lowest BCUT2D eigenvalue weighted by Crippen LogP contribution is -2.23. The summed E-state index contributed by atoms with van der Waals surface area (Å²) >= 11 is 0. The van der Waals surface area contributed by atoms with Gasteiger partial charge in [-0.15, -0.1) is 0 Å². The number of nitrogens with two attached hydrogens (primary N) is 1. The Morgan fingerprint density at radius 1 is 0.913 bits per heavy atom. The molecule has 0 aliphatic carbocycles. The monoisotopic (exact) mass is 296 g/mol. The van der Waals surface area contributed by atoms with Crippen LogP contribution < -0.4 is 20.8 Å². The summed E-state index contributed by atoms with van der Waals surface area (Å²) in [5.74, 6) is 2.90. The van der Waals surface area contributed by atoms with Gasteiger partial charge < -0.3 is 10.4 Å². The minimum atomic E-state index is 0.903. The molecule has 0 fully saturated rings. The van der Waals surface area contributed by atoms with Crippen LogP contribution in [0.4, 0.5) is 0 Å². The average molecular weight is 296 g/mol. The highest BCUT2D eigenvalue weighted by Crippen LogP contribution is 2.33. The maximum Gasteiger partial charge on any atom is 0.401 e. The molecule has 1 heterocycles. The average Bonchev–Trinajstić information content (AvgIpc) is 3.09. The van der Waals surface area contributed by atoms with Crippen molar-refractivity contribution in [3.05, 3.63) is 77.3 Å².